The van der Waals surface area contributed by atoms with Crippen LogP contribution in [-0.2, 0) is 16.1 Å². The van der Waals surface area contributed by atoms with Gasteiger partial charge in [-0.05, 0) is 12.1 Å². The number of fused-ring (bicyclic) bond motifs is 1. The van der Waals surface area contributed by atoms with Crippen molar-refractivity contribution in [3.63, 3.8) is 0 Å². The van der Waals surface area contributed by atoms with Gasteiger partial charge < -0.3 is 15.6 Å². The Labute approximate surface area is 126 Å². The topological polar surface area (TPSA) is 86.9 Å². The van der Waals surface area contributed by atoms with Crippen molar-refractivity contribution in [2.45, 2.75) is 19.0 Å². The number of carbonyl (C=O) groups excluding carboxylic acids is 2. The molecule has 1 aromatic carbocycles. The minimum Gasteiger partial charge on any atom is -0.347 e. The van der Waals surface area contributed by atoms with E-state index in [1.165, 1.54) is 0 Å². The molecule has 2 amide bonds. The van der Waals surface area contributed by atoms with Gasteiger partial charge in [-0.1, -0.05) is 12.1 Å². The second kappa shape index (κ2) is 6.17. The van der Waals surface area contributed by atoms with Gasteiger partial charge in [-0.25, -0.2) is 4.98 Å². The largest absolute Gasteiger partial charge is 0.347 e. The Kier molecular flexibility index (Phi) is 4.10. The van der Waals surface area contributed by atoms with E-state index in [1.54, 1.807) is 11.8 Å². The van der Waals surface area contributed by atoms with Gasteiger partial charge in [0.2, 0.25) is 11.8 Å². The summed E-state index contributed by atoms with van der Waals surface area (Å²) in [6.45, 7) is 0.324. The molecule has 2 heterocycles. The lowest BCUT2D eigenvalue weighted by Crippen LogP contribution is -2.47. The van der Waals surface area contributed by atoms with Gasteiger partial charge in [0.05, 0.1) is 17.6 Å². The maximum atomic E-state index is 12.1. The Hall–Kier alpha value is -2.02. The Morgan fingerprint density at radius 1 is 1.43 bits per heavy atom. The number of aromatic nitrogens is 2. The molecule has 1 aromatic heterocycles. The average molecular weight is 304 g/mol. The van der Waals surface area contributed by atoms with E-state index in [1.807, 2.05) is 24.3 Å². The molecule has 21 heavy (non-hydrogen) atoms. The first-order valence-corrected chi connectivity index (χ1v) is 7.96. The number of aromatic amines is 1. The molecule has 1 atom stereocenters. The second-order valence-corrected chi connectivity index (χ2v) is 6.01. The number of benzene rings is 1. The van der Waals surface area contributed by atoms with E-state index in [0.29, 0.717) is 24.5 Å². The van der Waals surface area contributed by atoms with Crippen LogP contribution in [-0.4, -0.2) is 39.3 Å². The SMILES string of the molecule is O=C1CCSCC(C(=O)NCc2nc3ccccc3[nH]2)N1. The first-order valence-electron chi connectivity index (χ1n) is 6.81. The number of hydrogen-bond acceptors (Lipinski definition) is 4. The van der Waals surface area contributed by atoms with Crippen molar-refractivity contribution >= 4 is 34.6 Å². The maximum Gasteiger partial charge on any atom is 0.243 e. The molecule has 0 aliphatic carbocycles. The molecule has 6 nitrogen and oxygen atoms in total. The van der Waals surface area contributed by atoms with Crippen LogP contribution in [0.3, 0.4) is 0 Å². The fourth-order valence-corrected chi connectivity index (χ4v) is 3.17. The Morgan fingerprint density at radius 3 is 3.14 bits per heavy atom. The highest BCUT2D eigenvalue weighted by Crippen LogP contribution is 2.11. The number of imidazole rings is 1. The molecule has 0 spiro atoms. The summed E-state index contributed by atoms with van der Waals surface area (Å²) in [4.78, 5) is 31.1. The van der Waals surface area contributed by atoms with E-state index in [4.69, 9.17) is 0 Å². The van der Waals surface area contributed by atoms with E-state index in [2.05, 4.69) is 20.6 Å². The smallest absolute Gasteiger partial charge is 0.243 e. The molecule has 7 heteroatoms. The van der Waals surface area contributed by atoms with E-state index < -0.39 is 6.04 Å². The molecule has 0 radical (unpaired) electrons. The standard InChI is InChI=1S/C14H16N4O2S/c19-13-5-6-21-8-11(18-13)14(20)15-7-12-16-9-3-1-2-4-10(9)17-12/h1-4,11H,5-8H2,(H,15,20)(H,16,17)(H,18,19). The van der Waals surface area contributed by atoms with E-state index in [0.717, 1.165) is 16.8 Å². The molecular weight excluding hydrogens is 288 g/mol. The van der Waals surface area contributed by atoms with Gasteiger partial charge in [0.25, 0.3) is 0 Å². The van der Waals surface area contributed by atoms with Gasteiger partial charge >= 0.3 is 0 Å². The highest BCUT2D eigenvalue weighted by molar-refractivity contribution is 7.99. The lowest BCUT2D eigenvalue weighted by atomic mass is 10.3. The van der Waals surface area contributed by atoms with Crippen LogP contribution in [0.25, 0.3) is 11.0 Å². The number of H-pyrrole nitrogens is 1. The summed E-state index contributed by atoms with van der Waals surface area (Å²) in [7, 11) is 0. The molecule has 3 N–H and O–H groups in total. The molecule has 1 fully saturated rings. The third-order valence-corrected chi connectivity index (χ3v) is 4.34. The maximum absolute atomic E-state index is 12.1. The zero-order chi connectivity index (χ0) is 14.7. The Morgan fingerprint density at radius 2 is 2.29 bits per heavy atom. The van der Waals surface area contributed by atoms with Gasteiger partial charge in [-0.2, -0.15) is 11.8 Å². The number of rotatable bonds is 3. The zero-order valence-corrected chi connectivity index (χ0v) is 12.2. The van der Waals surface area contributed by atoms with E-state index >= 15 is 0 Å². The van der Waals surface area contributed by atoms with E-state index in [-0.39, 0.29) is 11.8 Å². The molecular formula is C14H16N4O2S. The molecule has 3 rings (SSSR count). The van der Waals surface area contributed by atoms with Gasteiger partial charge in [-0.15, -0.1) is 0 Å². The molecule has 0 saturated carbocycles. The molecule has 2 aromatic rings. The van der Waals surface area contributed by atoms with Crippen LogP contribution in [0.1, 0.15) is 12.2 Å². The number of hydrogen-bond donors (Lipinski definition) is 3. The summed E-state index contributed by atoms with van der Waals surface area (Å²) in [5.74, 6) is 1.84. The third-order valence-electron chi connectivity index (χ3n) is 3.28. The normalized spacial score (nSPS) is 19.0. The zero-order valence-electron chi connectivity index (χ0n) is 11.4. The van der Waals surface area contributed by atoms with Gasteiger partial charge in [0.1, 0.15) is 11.9 Å². The molecule has 1 aliphatic heterocycles. The van der Waals surface area contributed by atoms with Crippen molar-refractivity contribution < 1.29 is 9.59 Å². The van der Waals surface area contributed by atoms with Crippen LogP contribution in [0.15, 0.2) is 24.3 Å². The average Bonchev–Trinajstić information content (AvgIpc) is 2.78. The lowest BCUT2D eigenvalue weighted by molar-refractivity contribution is -0.128. The summed E-state index contributed by atoms with van der Waals surface area (Å²) in [6, 6.07) is 7.24. The van der Waals surface area contributed by atoms with Crippen molar-refractivity contribution in [3.8, 4) is 0 Å². The van der Waals surface area contributed by atoms with Crippen molar-refractivity contribution in [2.24, 2.45) is 0 Å². The fourth-order valence-electron chi connectivity index (χ4n) is 2.20. The number of carbonyl (C=O) groups is 2. The number of para-hydroxylation sites is 2. The monoisotopic (exact) mass is 304 g/mol. The first-order chi connectivity index (χ1) is 10.2. The molecule has 0 bridgehead atoms. The van der Waals surface area contributed by atoms with Crippen molar-refractivity contribution in [1.82, 2.24) is 20.6 Å². The minimum absolute atomic E-state index is 0.0658. The summed E-state index contributed by atoms with van der Waals surface area (Å²) < 4.78 is 0. The third kappa shape index (κ3) is 3.36. The summed E-state index contributed by atoms with van der Waals surface area (Å²) in [6.07, 6.45) is 0.470. The highest BCUT2D eigenvalue weighted by Gasteiger charge is 2.23. The van der Waals surface area contributed by atoms with Crippen molar-refractivity contribution in [3.05, 3.63) is 30.1 Å². The second-order valence-electron chi connectivity index (χ2n) is 4.86. The van der Waals surface area contributed by atoms with E-state index in [9.17, 15) is 9.59 Å². The Bertz CT molecular complexity index is 637. The molecule has 1 unspecified atom stereocenters. The Balaban J connectivity index is 1.61. The summed E-state index contributed by atoms with van der Waals surface area (Å²) in [5.41, 5.74) is 1.82. The van der Waals surface area contributed by atoms with Gasteiger partial charge in [-0.3, -0.25) is 9.59 Å². The van der Waals surface area contributed by atoms with Crippen LogP contribution in [0.5, 0.6) is 0 Å². The molecule has 1 saturated heterocycles. The summed E-state index contributed by atoms with van der Waals surface area (Å²) >= 11 is 1.61. The predicted octanol–water partition coefficient (Wildman–Crippen LogP) is 0.801. The highest BCUT2D eigenvalue weighted by atomic mass is 32.2. The van der Waals surface area contributed by atoms with Gasteiger partial charge in [0.15, 0.2) is 0 Å². The first kappa shape index (κ1) is 13.9. The van der Waals surface area contributed by atoms with Crippen LogP contribution in [0.4, 0.5) is 0 Å². The van der Waals surface area contributed by atoms with Crippen LogP contribution in [0.2, 0.25) is 0 Å². The fraction of sp³-hybridized carbons (Fsp3) is 0.357. The van der Waals surface area contributed by atoms with Crippen molar-refractivity contribution in [2.75, 3.05) is 11.5 Å². The molecule has 1 aliphatic rings. The number of nitrogens with one attached hydrogen (secondary N) is 3. The van der Waals surface area contributed by atoms with Crippen LogP contribution >= 0.6 is 11.8 Å². The lowest BCUT2D eigenvalue weighted by Gasteiger charge is -2.14. The van der Waals surface area contributed by atoms with Crippen LogP contribution in [0, 0.1) is 0 Å². The number of amides is 2. The van der Waals surface area contributed by atoms with Crippen LogP contribution < -0.4 is 10.6 Å². The van der Waals surface area contributed by atoms with Crippen molar-refractivity contribution in [1.29, 1.82) is 0 Å². The summed E-state index contributed by atoms with van der Waals surface area (Å²) in [5, 5.41) is 5.56. The quantitative estimate of drug-likeness (QED) is 0.783. The minimum atomic E-state index is -0.464. The number of thioether (sulfide) groups is 1. The molecule has 110 valence electrons. The number of nitrogens with zero attached hydrogens (tertiary/aromatic N) is 1. The van der Waals surface area contributed by atoms with Gasteiger partial charge in [0, 0.05) is 17.9 Å². The predicted molar refractivity (Wildman–Crippen MR) is 81.8 cm³/mol.